The number of carbonyl (C=O) groups excluding carboxylic acids is 1. The second kappa shape index (κ2) is 5.36. The molecule has 0 saturated heterocycles. The number of carbonyl (C=O) groups is 1. The van der Waals surface area contributed by atoms with Crippen molar-refractivity contribution in [1.29, 1.82) is 0 Å². The SMILES string of the molecule is NC(N)=NC(=O)NS(=O)(=O)c1ccccc1C(F)(F)F. The first-order valence-electron chi connectivity index (χ1n) is 4.86. The molecule has 0 heterocycles. The number of nitrogens with one attached hydrogen (secondary N) is 1. The number of amides is 2. The van der Waals surface area contributed by atoms with Crippen LogP contribution in [0.15, 0.2) is 34.2 Å². The number of hydrogen-bond donors (Lipinski definition) is 3. The van der Waals surface area contributed by atoms with Gasteiger partial charge < -0.3 is 11.5 Å². The lowest BCUT2D eigenvalue weighted by Crippen LogP contribution is -2.33. The molecule has 0 saturated carbocycles. The zero-order valence-corrected chi connectivity index (χ0v) is 10.5. The van der Waals surface area contributed by atoms with Crippen LogP contribution in [0, 0.1) is 0 Å². The van der Waals surface area contributed by atoms with Gasteiger partial charge in [0.1, 0.15) is 0 Å². The van der Waals surface area contributed by atoms with Crippen LogP contribution in [0.5, 0.6) is 0 Å². The van der Waals surface area contributed by atoms with Gasteiger partial charge >= 0.3 is 12.2 Å². The fraction of sp³-hybridized carbons (Fsp3) is 0.111. The smallest absolute Gasteiger partial charge is 0.370 e. The Labute approximate surface area is 111 Å². The van der Waals surface area contributed by atoms with Crippen LogP contribution in [-0.2, 0) is 16.2 Å². The zero-order valence-electron chi connectivity index (χ0n) is 9.68. The van der Waals surface area contributed by atoms with Gasteiger partial charge in [0.25, 0.3) is 10.0 Å². The Hall–Kier alpha value is -2.30. The molecular weight excluding hydrogens is 301 g/mol. The van der Waals surface area contributed by atoms with E-state index >= 15 is 0 Å². The van der Waals surface area contributed by atoms with Crippen molar-refractivity contribution in [3.05, 3.63) is 29.8 Å². The van der Waals surface area contributed by atoms with Crippen LogP contribution in [0.25, 0.3) is 0 Å². The van der Waals surface area contributed by atoms with Crippen molar-refractivity contribution >= 4 is 22.0 Å². The lowest BCUT2D eigenvalue weighted by atomic mass is 10.2. The summed E-state index contributed by atoms with van der Waals surface area (Å²) in [5, 5.41) is 0. The van der Waals surface area contributed by atoms with Crippen LogP contribution in [0.1, 0.15) is 5.56 Å². The van der Waals surface area contributed by atoms with Gasteiger partial charge in [-0.15, -0.1) is 0 Å². The zero-order chi connectivity index (χ0) is 15.6. The summed E-state index contributed by atoms with van der Waals surface area (Å²) in [5.41, 5.74) is 8.27. The van der Waals surface area contributed by atoms with E-state index in [1.165, 1.54) is 4.72 Å². The third-order valence-electron chi connectivity index (χ3n) is 1.93. The summed E-state index contributed by atoms with van der Waals surface area (Å²) in [6.07, 6.45) is -4.90. The molecule has 110 valence electrons. The lowest BCUT2D eigenvalue weighted by Gasteiger charge is -2.12. The first kappa shape index (κ1) is 15.8. The van der Waals surface area contributed by atoms with E-state index in [1.54, 1.807) is 0 Å². The molecule has 0 aliphatic carbocycles. The summed E-state index contributed by atoms with van der Waals surface area (Å²) in [5.74, 6) is -0.734. The molecule has 7 nitrogen and oxygen atoms in total. The van der Waals surface area contributed by atoms with Crippen molar-refractivity contribution in [2.24, 2.45) is 16.5 Å². The van der Waals surface area contributed by atoms with E-state index in [9.17, 15) is 26.4 Å². The van der Waals surface area contributed by atoms with Gasteiger partial charge in [0.05, 0.1) is 10.5 Å². The van der Waals surface area contributed by atoms with Crippen molar-refractivity contribution in [2.75, 3.05) is 0 Å². The van der Waals surface area contributed by atoms with Crippen LogP contribution in [-0.4, -0.2) is 20.4 Å². The summed E-state index contributed by atoms with van der Waals surface area (Å²) in [6, 6.07) is 1.87. The summed E-state index contributed by atoms with van der Waals surface area (Å²) in [7, 11) is -4.76. The maximum atomic E-state index is 12.7. The highest BCUT2D eigenvalue weighted by Gasteiger charge is 2.37. The summed E-state index contributed by atoms with van der Waals surface area (Å²) in [4.78, 5) is 12.8. The Morgan fingerprint density at radius 3 is 2.25 bits per heavy atom. The van der Waals surface area contributed by atoms with Gasteiger partial charge in [0.2, 0.25) is 0 Å². The van der Waals surface area contributed by atoms with Gasteiger partial charge in [0.15, 0.2) is 5.96 Å². The number of sulfonamides is 1. The molecule has 1 aromatic rings. The van der Waals surface area contributed by atoms with Crippen LogP contribution in [0.2, 0.25) is 0 Å². The van der Waals surface area contributed by atoms with Crippen molar-refractivity contribution < 1.29 is 26.4 Å². The Bertz CT molecular complexity index is 651. The summed E-state index contributed by atoms with van der Waals surface area (Å²) in [6.45, 7) is 0. The Morgan fingerprint density at radius 1 is 1.20 bits per heavy atom. The molecule has 0 bridgehead atoms. The van der Waals surface area contributed by atoms with E-state index in [0.29, 0.717) is 12.1 Å². The average molecular weight is 310 g/mol. The molecule has 1 rings (SSSR count). The van der Waals surface area contributed by atoms with Crippen molar-refractivity contribution in [3.8, 4) is 0 Å². The topological polar surface area (TPSA) is 128 Å². The van der Waals surface area contributed by atoms with E-state index in [-0.39, 0.29) is 0 Å². The maximum absolute atomic E-state index is 12.7. The summed E-state index contributed by atoms with van der Waals surface area (Å²) < 4.78 is 62.8. The van der Waals surface area contributed by atoms with Gasteiger partial charge in [-0.25, -0.2) is 17.9 Å². The van der Waals surface area contributed by atoms with Crippen LogP contribution >= 0.6 is 0 Å². The highest BCUT2D eigenvalue weighted by Crippen LogP contribution is 2.33. The molecule has 0 fully saturated rings. The molecule has 0 radical (unpaired) electrons. The largest absolute Gasteiger partial charge is 0.417 e. The lowest BCUT2D eigenvalue weighted by molar-refractivity contribution is -0.139. The normalized spacial score (nSPS) is 11.8. The predicted molar refractivity (Wildman–Crippen MR) is 63.0 cm³/mol. The molecule has 0 spiro atoms. The molecule has 0 aromatic heterocycles. The van der Waals surface area contributed by atoms with E-state index in [2.05, 4.69) is 4.99 Å². The minimum atomic E-state index is -4.90. The minimum Gasteiger partial charge on any atom is -0.370 e. The van der Waals surface area contributed by atoms with Crippen molar-refractivity contribution in [2.45, 2.75) is 11.1 Å². The van der Waals surface area contributed by atoms with E-state index in [0.717, 1.165) is 12.1 Å². The van der Waals surface area contributed by atoms with E-state index in [4.69, 9.17) is 11.5 Å². The number of benzene rings is 1. The Balaban J connectivity index is 3.24. The molecule has 0 atom stereocenters. The van der Waals surface area contributed by atoms with Gasteiger partial charge in [-0.1, -0.05) is 12.1 Å². The number of urea groups is 1. The highest BCUT2D eigenvalue weighted by molar-refractivity contribution is 7.90. The standard InChI is InChI=1S/C9H9F3N4O3S/c10-9(11,12)5-3-1-2-4-6(5)20(18,19)16-8(17)15-7(13)14/h1-4H,(H5,13,14,15,16,17). The van der Waals surface area contributed by atoms with Crippen LogP contribution in [0.3, 0.4) is 0 Å². The number of halogens is 3. The minimum absolute atomic E-state index is 0.569. The molecule has 0 aliphatic rings. The molecule has 0 unspecified atom stereocenters. The fourth-order valence-electron chi connectivity index (χ4n) is 1.25. The van der Waals surface area contributed by atoms with Gasteiger partial charge in [-0.05, 0) is 12.1 Å². The van der Waals surface area contributed by atoms with E-state index in [1.807, 2.05) is 0 Å². The first-order chi connectivity index (χ1) is 9.04. The molecule has 11 heteroatoms. The van der Waals surface area contributed by atoms with Crippen molar-refractivity contribution in [1.82, 2.24) is 4.72 Å². The quantitative estimate of drug-likeness (QED) is 0.537. The number of nitrogens with two attached hydrogens (primary N) is 2. The third kappa shape index (κ3) is 3.85. The monoisotopic (exact) mass is 310 g/mol. The molecular formula is C9H9F3N4O3S. The van der Waals surface area contributed by atoms with Crippen molar-refractivity contribution in [3.63, 3.8) is 0 Å². The van der Waals surface area contributed by atoms with Gasteiger partial charge in [-0.3, -0.25) is 0 Å². The van der Waals surface area contributed by atoms with Gasteiger partial charge in [0, 0.05) is 0 Å². The van der Waals surface area contributed by atoms with Crippen LogP contribution < -0.4 is 16.2 Å². The maximum Gasteiger partial charge on any atom is 0.417 e. The molecule has 5 N–H and O–H groups in total. The second-order valence-corrected chi connectivity index (χ2v) is 5.09. The molecule has 1 aromatic carbocycles. The number of aliphatic imine (C=N–C) groups is 1. The number of hydrogen-bond acceptors (Lipinski definition) is 3. The highest BCUT2D eigenvalue weighted by atomic mass is 32.2. The average Bonchev–Trinajstić information content (AvgIpc) is 2.25. The number of nitrogens with zero attached hydrogens (tertiary/aromatic N) is 1. The predicted octanol–water partition coefficient (Wildman–Crippen LogP) is 0.377. The fourth-order valence-corrected chi connectivity index (χ4v) is 2.36. The first-order valence-corrected chi connectivity index (χ1v) is 6.35. The summed E-state index contributed by atoms with van der Waals surface area (Å²) >= 11 is 0. The third-order valence-corrected chi connectivity index (χ3v) is 3.31. The number of alkyl halides is 3. The molecule has 2 amide bonds. The van der Waals surface area contributed by atoms with Crippen LogP contribution in [0.4, 0.5) is 18.0 Å². The molecule has 0 aliphatic heterocycles. The van der Waals surface area contributed by atoms with Gasteiger partial charge in [-0.2, -0.15) is 18.2 Å². The second-order valence-electron chi connectivity index (χ2n) is 3.44. The Morgan fingerprint density at radius 2 is 1.75 bits per heavy atom. The number of rotatable bonds is 2. The Kier molecular flexibility index (Phi) is 4.23. The molecule has 20 heavy (non-hydrogen) atoms. The van der Waals surface area contributed by atoms with E-state index < -0.39 is 38.6 Å². The number of guanidine groups is 1.